The number of hydrogen-bond donors (Lipinski definition) is 19. The third kappa shape index (κ3) is 34.1. The predicted molar refractivity (Wildman–Crippen MR) is 200 cm³/mol. The van der Waals surface area contributed by atoms with Crippen LogP contribution in [0.15, 0.2) is 24.3 Å². The molecule has 26 nitrogen and oxygen atoms in total. The van der Waals surface area contributed by atoms with Gasteiger partial charge >= 0.3 is 41.8 Å². The Morgan fingerprint density at radius 2 is 0.897 bits per heavy atom. The SMILES string of the molecule is CC(O)C(N)C(=O)O.NC(CO)C(=O)O.NC(CO)C(=O)O.NC(CO)C(=O)O.NC(Cc1ccc(O)cc1)C(=O)O.O=C(O)[C@@H]1CCCN1.O=C(O)[C@@H]1CCCN1. The van der Waals surface area contributed by atoms with Crippen LogP contribution in [0.1, 0.15) is 38.2 Å². The van der Waals surface area contributed by atoms with Crippen molar-refractivity contribution in [2.75, 3.05) is 32.9 Å². The first kappa shape index (κ1) is 59.6. The van der Waals surface area contributed by atoms with E-state index in [1.54, 1.807) is 12.1 Å². The van der Waals surface area contributed by atoms with Gasteiger partial charge in [-0.1, -0.05) is 12.1 Å². The van der Waals surface area contributed by atoms with Crippen LogP contribution in [0.3, 0.4) is 0 Å². The lowest BCUT2D eigenvalue weighted by atomic mass is 10.1. The molecule has 58 heavy (non-hydrogen) atoms. The number of nitrogens with two attached hydrogens (primary N) is 5. The summed E-state index contributed by atoms with van der Waals surface area (Å²) in [5.74, 6) is -7.02. The zero-order valence-corrected chi connectivity index (χ0v) is 31.6. The van der Waals surface area contributed by atoms with E-state index in [-0.39, 0.29) is 24.3 Å². The minimum absolute atomic E-state index is 0.160. The molecule has 1 aromatic carbocycles. The Kier molecular flexibility index (Phi) is 36.0. The Labute approximate surface area is 331 Å². The third-order valence-electron chi connectivity index (χ3n) is 6.77. The highest BCUT2D eigenvalue weighted by atomic mass is 16.4. The summed E-state index contributed by atoms with van der Waals surface area (Å²) >= 11 is 0. The van der Waals surface area contributed by atoms with Gasteiger partial charge in [-0.2, -0.15) is 0 Å². The number of hydrogen-bond acceptors (Lipinski definition) is 19. The second-order valence-corrected chi connectivity index (χ2v) is 11.8. The molecular formula is C32H59N7O19. The van der Waals surface area contributed by atoms with Crippen molar-refractivity contribution in [1.82, 2.24) is 10.6 Å². The van der Waals surface area contributed by atoms with E-state index in [4.69, 9.17) is 89.9 Å². The predicted octanol–water partition coefficient (Wildman–Crippen LogP) is -6.06. The van der Waals surface area contributed by atoms with E-state index in [0.717, 1.165) is 44.3 Å². The van der Waals surface area contributed by atoms with Crippen LogP contribution in [0.2, 0.25) is 0 Å². The summed E-state index contributed by atoms with van der Waals surface area (Å²) in [6.07, 6.45) is 2.86. The number of phenolic OH excluding ortho intramolecular Hbond substituents is 1. The largest absolute Gasteiger partial charge is 0.508 e. The van der Waals surface area contributed by atoms with Crippen LogP contribution >= 0.6 is 0 Å². The average molecular weight is 846 g/mol. The molecule has 24 N–H and O–H groups in total. The summed E-state index contributed by atoms with van der Waals surface area (Å²) in [4.78, 5) is 69.5. The van der Waals surface area contributed by atoms with Crippen LogP contribution in [0, 0.1) is 0 Å². The lowest BCUT2D eigenvalue weighted by molar-refractivity contribution is -0.141. The van der Waals surface area contributed by atoms with E-state index in [1.165, 1.54) is 19.1 Å². The molecular weight excluding hydrogens is 786 g/mol. The van der Waals surface area contributed by atoms with Crippen LogP contribution in [-0.4, -0.2) is 184 Å². The van der Waals surface area contributed by atoms with Crippen molar-refractivity contribution in [2.24, 2.45) is 28.7 Å². The van der Waals surface area contributed by atoms with Gasteiger partial charge < -0.3 is 101 Å². The summed E-state index contributed by atoms with van der Waals surface area (Å²) in [6.45, 7) is 1.53. The Hall–Kier alpha value is -5.13. The van der Waals surface area contributed by atoms with Crippen molar-refractivity contribution in [3.8, 4) is 5.75 Å². The first-order valence-corrected chi connectivity index (χ1v) is 16.9. The van der Waals surface area contributed by atoms with E-state index in [1.807, 2.05) is 0 Å². The highest BCUT2D eigenvalue weighted by molar-refractivity contribution is 5.75. The molecule has 26 heteroatoms. The summed E-state index contributed by atoms with van der Waals surface area (Å²) in [5, 5.41) is 104. The van der Waals surface area contributed by atoms with Crippen LogP contribution in [0.5, 0.6) is 5.75 Å². The van der Waals surface area contributed by atoms with Gasteiger partial charge in [0.25, 0.3) is 0 Å². The Morgan fingerprint density at radius 3 is 1.03 bits per heavy atom. The molecule has 336 valence electrons. The van der Waals surface area contributed by atoms with Crippen molar-refractivity contribution in [1.29, 1.82) is 0 Å². The van der Waals surface area contributed by atoms with E-state index >= 15 is 0 Å². The molecule has 2 fully saturated rings. The summed E-state index contributed by atoms with van der Waals surface area (Å²) in [6, 6.07) is 0.355. The van der Waals surface area contributed by atoms with Gasteiger partial charge in [-0.05, 0) is 69.8 Å². The van der Waals surface area contributed by atoms with Gasteiger partial charge in [-0.15, -0.1) is 0 Å². The molecule has 0 spiro atoms. The zero-order chi connectivity index (χ0) is 46.1. The van der Waals surface area contributed by atoms with Gasteiger partial charge in [0, 0.05) is 0 Å². The maximum Gasteiger partial charge on any atom is 0.323 e. The number of nitrogens with one attached hydrogen (secondary N) is 2. The minimum Gasteiger partial charge on any atom is -0.508 e. The van der Waals surface area contributed by atoms with Crippen LogP contribution in [0.25, 0.3) is 0 Å². The molecule has 0 aromatic heterocycles. The second-order valence-electron chi connectivity index (χ2n) is 11.8. The Morgan fingerprint density at radius 1 is 0.586 bits per heavy atom. The molecule has 8 atom stereocenters. The quantitative estimate of drug-likeness (QED) is 0.0878. The number of carbonyl (C=O) groups is 7. The molecule has 0 aliphatic carbocycles. The number of aliphatic hydroxyl groups is 4. The van der Waals surface area contributed by atoms with Crippen molar-refractivity contribution in [2.45, 2.75) is 87.4 Å². The summed E-state index contributed by atoms with van der Waals surface area (Å²) in [7, 11) is 0. The summed E-state index contributed by atoms with van der Waals surface area (Å²) in [5.41, 5.74) is 25.3. The maximum atomic E-state index is 10.4. The molecule has 2 aliphatic rings. The van der Waals surface area contributed by atoms with Crippen molar-refractivity contribution in [3.63, 3.8) is 0 Å². The Bertz CT molecular complexity index is 1240. The number of benzene rings is 1. The lowest BCUT2D eigenvalue weighted by Gasteiger charge is -2.06. The van der Waals surface area contributed by atoms with E-state index in [9.17, 15) is 33.6 Å². The average Bonchev–Trinajstić information content (AvgIpc) is 3.92. The monoisotopic (exact) mass is 845 g/mol. The maximum absolute atomic E-state index is 10.4. The van der Waals surface area contributed by atoms with Crippen molar-refractivity contribution >= 4 is 41.8 Å². The van der Waals surface area contributed by atoms with Gasteiger partial charge in [0.05, 0.1) is 25.9 Å². The molecule has 0 saturated carbocycles. The smallest absolute Gasteiger partial charge is 0.323 e. The van der Waals surface area contributed by atoms with Crippen LogP contribution in [0.4, 0.5) is 0 Å². The van der Waals surface area contributed by atoms with E-state index in [0.29, 0.717) is 0 Å². The number of aliphatic carboxylic acids is 7. The fourth-order valence-electron chi connectivity index (χ4n) is 3.20. The van der Waals surface area contributed by atoms with Crippen molar-refractivity contribution in [3.05, 3.63) is 29.8 Å². The third-order valence-corrected chi connectivity index (χ3v) is 6.77. The molecule has 2 heterocycles. The zero-order valence-electron chi connectivity index (χ0n) is 31.6. The van der Waals surface area contributed by atoms with Crippen LogP contribution < -0.4 is 39.3 Å². The van der Waals surface area contributed by atoms with Gasteiger partial charge in [0.2, 0.25) is 0 Å². The van der Waals surface area contributed by atoms with Crippen LogP contribution in [-0.2, 0) is 40.0 Å². The molecule has 6 unspecified atom stereocenters. The lowest BCUT2D eigenvalue weighted by Crippen LogP contribution is -2.39. The highest BCUT2D eigenvalue weighted by Gasteiger charge is 2.21. The minimum atomic E-state index is -1.18. The molecule has 0 bridgehead atoms. The number of aliphatic hydroxyl groups excluding tert-OH is 4. The van der Waals surface area contributed by atoms with Gasteiger partial charge in [0.1, 0.15) is 48.0 Å². The molecule has 1 aromatic rings. The second kappa shape index (κ2) is 35.1. The van der Waals surface area contributed by atoms with E-state index in [2.05, 4.69) is 10.6 Å². The topological polar surface area (TPSA) is 516 Å². The first-order valence-electron chi connectivity index (χ1n) is 16.9. The molecule has 3 rings (SSSR count). The number of aromatic hydroxyl groups is 1. The summed E-state index contributed by atoms with van der Waals surface area (Å²) < 4.78 is 0. The standard InChI is InChI=1S/C9H11NO3.2C5H9NO2.C4H9NO3.3C3H7NO3/c10-8(9(12)13)5-6-1-3-7(11)4-2-6;2*7-5(8)4-2-1-3-6-4;1-2(6)3(5)4(7)8;3*4-2(1-5)3(6)7/h1-4,8,11H,5,10H2,(H,12,13);2*4,6H,1-3H2,(H,7,8);2-3,6H,5H2,1H3,(H,7,8);3*2,5H,1,4H2,(H,6,7)/t;2*4-;;;;/m.00..../s1. The highest BCUT2D eigenvalue weighted by Crippen LogP contribution is 2.10. The fourth-order valence-corrected chi connectivity index (χ4v) is 3.20. The molecule has 2 saturated heterocycles. The fraction of sp³-hybridized carbons (Fsp3) is 0.594. The number of phenols is 1. The molecule has 0 radical (unpaired) electrons. The van der Waals surface area contributed by atoms with E-state index < -0.39 is 97.9 Å². The Balaban J connectivity index is -0.000000297. The normalized spacial score (nSPS) is 17.8. The number of rotatable bonds is 13. The molecule has 2 aliphatic heterocycles. The van der Waals surface area contributed by atoms with Gasteiger partial charge in [0.15, 0.2) is 0 Å². The molecule has 0 amide bonds. The number of carboxylic acid groups (broad SMARTS) is 7. The number of carboxylic acids is 7. The first-order chi connectivity index (χ1) is 26.8. The van der Waals surface area contributed by atoms with Gasteiger partial charge in [-0.3, -0.25) is 33.6 Å². The van der Waals surface area contributed by atoms with Gasteiger partial charge in [-0.25, -0.2) is 0 Å². The van der Waals surface area contributed by atoms with Crippen molar-refractivity contribution < 1.29 is 94.8 Å².